The first kappa shape index (κ1) is 12.0. The van der Waals surface area contributed by atoms with Crippen LogP contribution < -0.4 is 11.5 Å². The SMILES string of the molecule is Nc1ccc(C(=O)c2ccc(N)c(F)c2)cc1F. The Morgan fingerprint density at radius 1 is 0.833 bits per heavy atom. The molecule has 0 spiro atoms. The zero-order valence-electron chi connectivity index (χ0n) is 9.28. The number of nitrogens with two attached hydrogens (primary N) is 2. The topological polar surface area (TPSA) is 69.1 Å². The van der Waals surface area contributed by atoms with Gasteiger partial charge in [-0.15, -0.1) is 0 Å². The highest BCUT2D eigenvalue weighted by atomic mass is 19.1. The van der Waals surface area contributed by atoms with Gasteiger partial charge in [-0.1, -0.05) is 0 Å². The smallest absolute Gasteiger partial charge is 0.193 e. The third-order valence-corrected chi connectivity index (χ3v) is 2.53. The van der Waals surface area contributed by atoms with Gasteiger partial charge in [-0.3, -0.25) is 4.79 Å². The molecule has 3 nitrogen and oxygen atoms in total. The Bertz CT molecular complexity index is 573. The number of ketones is 1. The largest absolute Gasteiger partial charge is 0.396 e. The van der Waals surface area contributed by atoms with E-state index < -0.39 is 17.4 Å². The number of benzene rings is 2. The Labute approximate surface area is 102 Å². The number of halogens is 2. The molecule has 0 heterocycles. The molecule has 2 aromatic carbocycles. The van der Waals surface area contributed by atoms with E-state index in [4.69, 9.17) is 11.5 Å². The number of carbonyl (C=O) groups is 1. The standard InChI is InChI=1S/C13H10F2N2O/c14-9-5-7(1-3-11(9)16)13(18)8-2-4-12(17)10(15)6-8/h1-6H,16-17H2. The fourth-order valence-corrected chi connectivity index (χ4v) is 1.50. The molecule has 0 aliphatic carbocycles. The van der Waals surface area contributed by atoms with Crippen molar-refractivity contribution in [1.29, 1.82) is 0 Å². The maximum atomic E-state index is 13.2. The van der Waals surface area contributed by atoms with E-state index in [2.05, 4.69) is 0 Å². The Morgan fingerprint density at radius 2 is 1.22 bits per heavy atom. The molecule has 0 aliphatic heterocycles. The average Bonchev–Trinajstić information content (AvgIpc) is 2.35. The molecular weight excluding hydrogens is 238 g/mol. The maximum absolute atomic E-state index is 13.2. The summed E-state index contributed by atoms with van der Waals surface area (Å²) in [4.78, 5) is 12.0. The van der Waals surface area contributed by atoms with E-state index in [1.54, 1.807) is 0 Å². The molecule has 0 aromatic heterocycles. The van der Waals surface area contributed by atoms with Crippen LogP contribution in [0.25, 0.3) is 0 Å². The summed E-state index contributed by atoms with van der Waals surface area (Å²) in [7, 11) is 0. The summed E-state index contributed by atoms with van der Waals surface area (Å²) in [5.74, 6) is -1.86. The molecule has 18 heavy (non-hydrogen) atoms. The lowest BCUT2D eigenvalue weighted by Gasteiger charge is -2.04. The van der Waals surface area contributed by atoms with Crippen molar-refractivity contribution in [3.05, 3.63) is 59.2 Å². The number of hydrogen-bond acceptors (Lipinski definition) is 3. The maximum Gasteiger partial charge on any atom is 0.193 e. The van der Waals surface area contributed by atoms with Gasteiger partial charge in [0.25, 0.3) is 0 Å². The van der Waals surface area contributed by atoms with Gasteiger partial charge in [0.05, 0.1) is 11.4 Å². The Kier molecular flexibility index (Phi) is 2.97. The van der Waals surface area contributed by atoms with Gasteiger partial charge in [-0.25, -0.2) is 8.78 Å². The van der Waals surface area contributed by atoms with E-state index in [1.807, 2.05) is 0 Å². The normalized spacial score (nSPS) is 10.3. The molecular formula is C13H10F2N2O. The van der Waals surface area contributed by atoms with E-state index >= 15 is 0 Å². The minimum Gasteiger partial charge on any atom is -0.396 e. The molecule has 0 aliphatic rings. The van der Waals surface area contributed by atoms with Crippen LogP contribution in [0.3, 0.4) is 0 Å². The summed E-state index contributed by atoms with van der Waals surface area (Å²) >= 11 is 0. The van der Waals surface area contributed by atoms with Crippen LogP contribution in [0.4, 0.5) is 20.2 Å². The Hall–Kier alpha value is -2.43. The lowest BCUT2D eigenvalue weighted by Crippen LogP contribution is -2.04. The van der Waals surface area contributed by atoms with Crippen LogP contribution in [-0.4, -0.2) is 5.78 Å². The zero-order chi connectivity index (χ0) is 13.3. The van der Waals surface area contributed by atoms with Gasteiger partial charge < -0.3 is 11.5 Å². The highest BCUT2D eigenvalue weighted by Gasteiger charge is 2.12. The van der Waals surface area contributed by atoms with Crippen molar-refractivity contribution < 1.29 is 13.6 Å². The van der Waals surface area contributed by atoms with Crippen LogP contribution >= 0.6 is 0 Å². The first-order valence-electron chi connectivity index (χ1n) is 5.14. The first-order chi connectivity index (χ1) is 8.49. The van der Waals surface area contributed by atoms with Crippen LogP contribution in [0.5, 0.6) is 0 Å². The molecule has 0 unspecified atom stereocenters. The van der Waals surface area contributed by atoms with Crippen molar-refractivity contribution in [3.8, 4) is 0 Å². The van der Waals surface area contributed by atoms with E-state index in [1.165, 1.54) is 24.3 Å². The molecule has 4 N–H and O–H groups in total. The van der Waals surface area contributed by atoms with Gasteiger partial charge in [-0.05, 0) is 36.4 Å². The molecule has 2 aromatic rings. The van der Waals surface area contributed by atoms with Gasteiger partial charge in [0.1, 0.15) is 11.6 Å². The van der Waals surface area contributed by atoms with Crippen LogP contribution in [0.2, 0.25) is 0 Å². The van der Waals surface area contributed by atoms with Crippen molar-refractivity contribution in [2.75, 3.05) is 11.5 Å². The van der Waals surface area contributed by atoms with Crippen molar-refractivity contribution in [2.24, 2.45) is 0 Å². The molecule has 0 saturated carbocycles. The Balaban J connectivity index is 2.41. The number of rotatable bonds is 2. The third kappa shape index (κ3) is 2.15. The fourth-order valence-electron chi connectivity index (χ4n) is 1.50. The van der Waals surface area contributed by atoms with Crippen molar-refractivity contribution in [2.45, 2.75) is 0 Å². The lowest BCUT2D eigenvalue weighted by atomic mass is 10.0. The predicted molar refractivity (Wildman–Crippen MR) is 65.1 cm³/mol. The predicted octanol–water partition coefficient (Wildman–Crippen LogP) is 2.36. The van der Waals surface area contributed by atoms with Crippen LogP contribution in [0, 0.1) is 11.6 Å². The van der Waals surface area contributed by atoms with E-state index in [9.17, 15) is 13.6 Å². The third-order valence-electron chi connectivity index (χ3n) is 2.53. The van der Waals surface area contributed by atoms with Crippen molar-refractivity contribution in [3.63, 3.8) is 0 Å². The molecule has 0 amide bonds. The highest BCUT2D eigenvalue weighted by Crippen LogP contribution is 2.18. The minimum absolute atomic E-state index is 0.0463. The first-order valence-corrected chi connectivity index (χ1v) is 5.14. The molecule has 5 heteroatoms. The monoisotopic (exact) mass is 248 g/mol. The number of hydrogen-bond donors (Lipinski definition) is 2. The number of nitrogen functional groups attached to an aromatic ring is 2. The second-order valence-corrected chi connectivity index (χ2v) is 3.80. The van der Waals surface area contributed by atoms with Crippen molar-refractivity contribution in [1.82, 2.24) is 0 Å². The van der Waals surface area contributed by atoms with Gasteiger partial charge in [0.15, 0.2) is 5.78 Å². The average molecular weight is 248 g/mol. The van der Waals surface area contributed by atoms with Gasteiger partial charge >= 0.3 is 0 Å². The molecule has 92 valence electrons. The summed E-state index contributed by atoms with van der Waals surface area (Å²) in [5.41, 5.74) is 10.7. The quantitative estimate of drug-likeness (QED) is 0.633. The van der Waals surface area contributed by atoms with Gasteiger partial charge in [0, 0.05) is 11.1 Å². The summed E-state index contributed by atoms with van der Waals surface area (Å²) in [6.45, 7) is 0. The van der Waals surface area contributed by atoms with E-state index in [0.717, 1.165) is 12.1 Å². The van der Waals surface area contributed by atoms with Crippen LogP contribution in [-0.2, 0) is 0 Å². The lowest BCUT2D eigenvalue weighted by molar-refractivity contribution is 0.103. The summed E-state index contributed by atoms with van der Waals surface area (Å²) in [6, 6.07) is 7.38. The number of anilines is 2. The molecule has 0 fully saturated rings. The van der Waals surface area contributed by atoms with Gasteiger partial charge in [-0.2, -0.15) is 0 Å². The van der Waals surface area contributed by atoms with Crippen LogP contribution in [0.1, 0.15) is 15.9 Å². The zero-order valence-corrected chi connectivity index (χ0v) is 9.28. The highest BCUT2D eigenvalue weighted by molar-refractivity contribution is 6.09. The summed E-state index contributed by atoms with van der Waals surface area (Å²) in [5, 5.41) is 0. The second kappa shape index (κ2) is 4.44. The Morgan fingerprint density at radius 3 is 1.56 bits per heavy atom. The molecule has 0 atom stereocenters. The minimum atomic E-state index is -0.684. The molecule has 0 bridgehead atoms. The van der Waals surface area contributed by atoms with E-state index in [-0.39, 0.29) is 22.5 Å². The van der Waals surface area contributed by atoms with Crippen LogP contribution in [0.15, 0.2) is 36.4 Å². The van der Waals surface area contributed by atoms with Gasteiger partial charge in [0.2, 0.25) is 0 Å². The second-order valence-electron chi connectivity index (χ2n) is 3.80. The number of carbonyl (C=O) groups excluding carboxylic acids is 1. The summed E-state index contributed by atoms with van der Waals surface area (Å²) < 4.78 is 26.5. The van der Waals surface area contributed by atoms with Crippen molar-refractivity contribution >= 4 is 17.2 Å². The summed E-state index contributed by atoms with van der Waals surface area (Å²) in [6.07, 6.45) is 0. The molecule has 0 radical (unpaired) electrons. The molecule has 2 rings (SSSR count). The fraction of sp³-hybridized carbons (Fsp3) is 0. The van der Waals surface area contributed by atoms with E-state index in [0.29, 0.717) is 0 Å². The molecule has 0 saturated heterocycles.